The van der Waals surface area contributed by atoms with E-state index in [0.717, 1.165) is 13.2 Å². The molecule has 1 aromatic carbocycles. The van der Waals surface area contributed by atoms with E-state index in [4.69, 9.17) is 4.74 Å². The molecule has 3 nitrogen and oxygen atoms in total. The van der Waals surface area contributed by atoms with Gasteiger partial charge in [0.05, 0.1) is 6.61 Å². The molecule has 1 aromatic heterocycles. The highest BCUT2D eigenvalue weighted by molar-refractivity contribution is 5.84. The number of rotatable bonds is 6. The molecular weight excluding hydrogens is 236 g/mol. The highest BCUT2D eigenvalue weighted by atomic mass is 16.5. The lowest BCUT2D eigenvalue weighted by molar-refractivity contribution is 0.146. The third-order valence-electron chi connectivity index (χ3n) is 3.46. The molecule has 1 atom stereocenters. The summed E-state index contributed by atoms with van der Waals surface area (Å²) in [7, 11) is 1.75. The summed E-state index contributed by atoms with van der Waals surface area (Å²) < 4.78 is 5.26. The van der Waals surface area contributed by atoms with E-state index >= 15 is 0 Å². The summed E-state index contributed by atoms with van der Waals surface area (Å²) >= 11 is 0. The van der Waals surface area contributed by atoms with E-state index in [0.29, 0.717) is 12.0 Å². The summed E-state index contributed by atoms with van der Waals surface area (Å²) in [5, 5.41) is 6.02. The summed E-state index contributed by atoms with van der Waals surface area (Å²) in [4.78, 5) is 4.31. The third-order valence-corrected chi connectivity index (χ3v) is 3.46. The predicted molar refractivity (Wildman–Crippen MR) is 79.1 cm³/mol. The fourth-order valence-electron chi connectivity index (χ4n) is 2.23. The smallest absolute Gasteiger partial charge is 0.0618 e. The molecule has 2 aromatic rings. The molecule has 0 spiro atoms. The molecule has 0 saturated heterocycles. The van der Waals surface area contributed by atoms with Gasteiger partial charge in [0, 0.05) is 37.5 Å². The molecule has 0 fully saturated rings. The van der Waals surface area contributed by atoms with Gasteiger partial charge in [0.2, 0.25) is 0 Å². The molecule has 2 rings (SSSR count). The van der Waals surface area contributed by atoms with Crippen LogP contribution in [0.2, 0.25) is 0 Å². The lowest BCUT2D eigenvalue weighted by Crippen LogP contribution is -2.37. The van der Waals surface area contributed by atoms with Crippen molar-refractivity contribution in [3.05, 3.63) is 42.2 Å². The van der Waals surface area contributed by atoms with Crippen LogP contribution in [0.3, 0.4) is 0 Å². The predicted octanol–water partition coefficient (Wildman–Crippen LogP) is 3.00. The number of fused-ring (bicyclic) bond motifs is 1. The molecule has 0 aliphatic heterocycles. The molecule has 0 bridgehead atoms. The van der Waals surface area contributed by atoms with Crippen LogP contribution in [0, 0.1) is 5.92 Å². The summed E-state index contributed by atoms with van der Waals surface area (Å²) in [6, 6.07) is 8.73. The first-order valence-electron chi connectivity index (χ1n) is 6.76. The highest BCUT2D eigenvalue weighted by Crippen LogP contribution is 2.17. The van der Waals surface area contributed by atoms with Gasteiger partial charge in [-0.05, 0) is 16.9 Å². The van der Waals surface area contributed by atoms with Crippen LogP contribution in [-0.2, 0) is 11.3 Å². The normalized spacial score (nSPS) is 13.1. The molecule has 1 unspecified atom stereocenters. The molecule has 102 valence electrons. The van der Waals surface area contributed by atoms with Crippen molar-refractivity contribution in [2.45, 2.75) is 26.4 Å². The lowest BCUT2D eigenvalue weighted by Gasteiger charge is -2.22. The molecule has 0 amide bonds. The van der Waals surface area contributed by atoms with Gasteiger partial charge in [-0.15, -0.1) is 0 Å². The van der Waals surface area contributed by atoms with Crippen molar-refractivity contribution in [3.63, 3.8) is 0 Å². The topological polar surface area (TPSA) is 34.1 Å². The standard InChI is InChI=1S/C16H22N2O/c1-12(2)16(11-19-3)18-10-14-9-17-8-13-6-4-5-7-15(13)14/h4-9,12,16,18H,10-11H2,1-3H3. The van der Waals surface area contributed by atoms with E-state index in [1.165, 1.54) is 16.3 Å². The monoisotopic (exact) mass is 258 g/mol. The van der Waals surface area contributed by atoms with Crippen LogP contribution >= 0.6 is 0 Å². The van der Waals surface area contributed by atoms with Gasteiger partial charge < -0.3 is 10.1 Å². The van der Waals surface area contributed by atoms with Crippen LogP contribution in [0.1, 0.15) is 19.4 Å². The van der Waals surface area contributed by atoms with Gasteiger partial charge in [-0.2, -0.15) is 0 Å². The van der Waals surface area contributed by atoms with E-state index in [2.05, 4.69) is 42.3 Å². The maximum absolute atomic E-state index is 5.26. The van der Waals surface area contributed by atoms with Crippen molar-refractivity contribution in [3.8, 4) is 0 Å². The van der Waals surface area contributed by atoms with Crippen LogP contribution in [-0.4, -0.2) is 24.7 Å². The average Bonchev–Trinajstić information content (AvgIpc) is 2.43. The third kappa shape index (κ3) is 3.52. The van der Waals surface area contributed by atoms with Crippen molar-refractivity contribution in [2.75, 3.05) is 13.7 Å². The van der Waals surface area contributed by atoms with Crippen molar-refractivity contribution >= 4 is 10.8 Å². The molecule has 0 radical (unpaired) electrons. The zero-order chi connectivity index (χ0) is 13.7. The summed E-state index contributed by atoms with van der Waals surface area (Å²) in [5.41, 5.74) is 1.24. The van der Waals surface area contributed by atoms with Crippen molar-refractivity contribution in [1.29, 1.82) is 0 Å². The molecule has 1 N–H and O–H groups in total. The fraction of sp³-hybridized carbons (Fsp3) is 0.438. The number of pyridine rings is 1. The molecule has 3 heteroatoms. The quantitative estimate of drug-likeness (QED) is 0.865. The van der Waals surface area contributed by atoms with Gasteiger partial charge in [0.25, 0.3) is 0 Å². The van der Waals surface area contributed by atoms with E-state index in [-0.39, 0.29) is 0 Å². The number of methoxy groups -OCH3 is 1. The van der Waals surface area contributed by atoms with E-state index in [9.17, 15) is 0 Å². The van der Waals surface area contributed by atoms with Crippen molar-refractivity contribution in [2.24, 2.45) is 5.92 Å². The van der Waals surface area contributed by atoms with Crippen LogP contribution in [0.25, 0.3) is 10.8 Å². The lowest BCUT2D eigenvalue weighted by atomic mass is 10.0. The Morgan fingerprint density at radius 3 is 2.74 bits per heavy atom. The minimum atomic E-state index is 0.365. The van der Waals surface area contributed by atoms with Gasteiger partial charge in [-0.25, -0.2) is 0 Å². The van der Waals surface area contributed by atoms with Crippen LogP contribution in [0.15, 0.2) is 36.7 Å². The second-order valence-corrected chi connectivity index (χ2v) is 5.21. The Bertz CT molecular complexity index is 520. The van der Waals surface area contributed by atoms with Crippen LogP contribution in [0.4, 0.5) is 0 Å². The first-order valence-corrected chi connectivity index (χ1v) is 6.76. The zero-order valence-corrected chi connectivity index (χ0v) is 11.9. The highest BCUT2D eigenvalue weighted by Gasteiger charge is 2.12. The Kier molecular flexibility index (Phi) is 4.88. The molecule has 0 aliphatic carbocycles. The summed E-state index contributed by atoms with van der Waals surface area (Å²) in [6.07, 6.45) is 3.85. The Balaban J connectivity index is 2.13. The van der Waals surface area contributed by atoms with E-state index in [1.807, 2.05) is 18.5 Å². The summed E-state index contributed by atoms with van der Waals surface area (Å²) in [6.45, 7) is 5.96. The Morgan fingerprint density at radius 2 is 2.00 bits per heavy atom. The van der Waals surface area contributed by atoms with Gasteiger partial charge >= 0.3 is 0 Å². The Labute approximate surface area is 115 Å². The average molecular weight is 258 g/mol. The van der Waals surface area contributed by atoms with Crippen molar-refractivity contribution < 1.29 is 4.74 Å². The van der Waals surface area contributed by atoms with Gasteiger partial charge in [-0.1, -0.05) is 38.1 Å². The number of nitrogens with zero attached hydrogens (tertiary/aromatic N) is 1. The zero-order valence-electron chi connectivity index (χ0n) is 11.9. The van der Waals surface area contributed by atoms with Gasteiger partial charge in [0.1, 0.15) is 0 Å². The maximum atomic E-state index is 5.26. The Hall–Kier alpha value is -1.45. The first kappa shape index (κ1) is 14.0. The second kappa shape index (κ2) is 6.64. The summed E-state index contributed by atoms with van der Waals surface area (Å²) in [5.74, 6) is 0.544. The number of hydrogen-bond donors (Lipinski definition) is 1. The first-order chi connectivity index (χ1) is 9.22. The largest absolute Gasteiger partial charge is 0.383 e. The molecule has 19 heavy (non-hydrogen) atoms. The molecule has 0 saturated carbocycles. The fourth-order valence-corrected chi connectivity index (χ4v) is 2.23. The van der Waals surface area contributed by atoms with Crippen LogP contribution < -0.4 is 5.32 Å². The molecule has 1 heterocycles. The number of benzene rings is 1. The maximum Gasteiger partial charge on any atom is 0.0618 e. The SMILES string of the molecule is COCC(NCc1cncc2ccccc12)C(C)C. The van der Waals surface area contributed by atoms with Gasteiger partial charge in [-0.3, -0.25) is 4.98 Å². The van der Waals surface area contributed by atoms with Gasteiger partial charge in [0.15, 0.2) is 0 Å². The van der Waals surface area contributed by atoms with Crippen molar-refractivity contribution in [1.82, 2.24) is 10.3 Å². The minimum Gasteiger partial charge on any atom is -0.383 e. The van der Waals surface area contributed by atoms with E-state index in [1.54, 1.807) is 7.11 Å². The number of ether oxygens (including phenoxy) is 1. The minimum absolute atomic E-state index is 0.365. The number of nitrogens with one attached hydrogen (secondary N) is 1. The van der Waals surface area contributed by atoms with Crippen LogP contribution in [0.5, 0.6) is 0 Å². The number of aromatic nitrogens is 1. The second-order valence-electron chi connectivity index (χ2n) is 5.21. The molecular formula is C16H22N2O. The van der Waals surface area contributed by atoms with E-state index < -0.39 is 0 Å². The molecule has 0 aliphatic rings. The Morgan fingerprint density at radius 1 is 1.21 bits per heavy atom. The number of hydrogen-bond acceptors (Lipinski definition) is 3.